The zero-order valence-electron chi connectivity index (χ0n) is 8.23. The van der Waals surface area contributed by atoms with E-state index in [1.165, 1.54) is 12.2 Å². The van der Waals surface area contributed by atoms with Gasteiger partial charge in [0, 0.05) is 12.0 Å². The second-order valence-corrected chi connectivity index (χ2v) is 3.60. The quantitative estimate of drug-likeness (QED) is 0.629. The van der Waals surface area contributed by atoms with Crippen molar-refractivity contribution in [3.05, 3.63) is 23.3 Å². The van der Waals surface area contributed by atoms with Crippen molar-refractivity contribution < 1.29 is 24.9 Å². The van der Waals surface area contributed by atoms with Crippen LogP contribution in [0.3, 0.4) is 0 Å². The molecule has 0 aliphatic heterocycles. The van der Waals surface area contributed by atoms with Crippen LogP contribution >= 0.6 is 0 Å². The van der Waals surface area contributed by atoms with Crippen LogP contribution in [-0.2, 0) is 9.59 Å². The van der Waals surface area contributed by atoms with Gasteiger partial charge in [-0.25, -0.2) is 4.79 Å². The van der Waals surface area contributed by atoms with Crippen molar-refractivity contribution in [3.63, 3.8) is 0 Å². The molecule has 0 saturated carbocycles. The van der Waals surface area contributed by atoms with Gasteiger partial charge in [0.15, 0.2) is 0 Å². The third kappa shape index (κ3) is 1.92. The Bertz CT molecular complexity index is 366. The average Bonchev–Trinajstić information content (AvgIpc) is 2.18. The van der Waals surface area contributed by atoms with Crippen LogP contribution in [0.1, 0.15) is 13.3 Å². The zero-order chi connectivity index (χ0) is 11.6. The Morgan fingerprint density at radius 1 is 1.47 bits per heavy atom. The molecule has 1 atom stereocenters. The molecule has 0 heterocycles. The summed E-state index contributed by atoms with van der Waals surface area (Å²) in [6, 6.07) is 0. The molecular formula is C10H12O5. The predicted molar refractivity (Wildman–Crippen MR) is 51.2 cm³/mol. The molecular weight excluding hydrogens is 200 g/mol. The third-order valence-corrected chi connectivity index (χ3v) is 2.59. The molecule has 1 rings (SSSR count). The van der Waals surface area contributed by atoms with E-state index < -0.39 is 24.0 Å². The molecule has 0 aromatic rings. The molecule has 0 radical (unpaired) electrons. The summed E-state index contributed by atoms with van der Waals surface area (Å²) in [7, 11) is 0. The fraction of sp³-hybridized carbons (Fsp3) is 0.400. The van der Waals surface area contributed by atoms with E-state index in [0.717, 1.165) is 0 Å². The molecule has 0 amide bonds. The van der Waals surface area contributed by atoms with Gasteiger partial charge < -0.3 is 15.3 Å². The minimum Gasteiger partial charge on any atom is -0.481 e. The maximum absolute atomic E-state index is 11.0. The molecule has 82 valence electrons. The van der Waals surface area contributed by atoms with Gasteiger partial charge in [-0.3, -0.25) is 4.79 Å². The number of carbonyl (C=O) groups is 2. The molecule has 0 fully saturated rings. The van der Waals surface area contributed by atoms with Crippen LogP contribution in [0, 0.1) is 5.41 Å². The molecule has 0 bridgehead atoms. The molecule has 5 heteroatoms. The SMILES string of the molecule is CC1=C(C(=O)O)CC(CO)(C(=O)O)C=C1. The highest BCUT2D eigenvalue weighted by atomic mass is 16.4. The highest BCUT2D eigenvalue weighted by Gasteiger charge is 2.39. The number of aliphatic carboxylic acids is 2. The van der Waals surface area contributed by atoms with Crippen molar-refractivity contribution in [1.29, 1.82) is 0 Å². The number of hydrogen-bond acceptors (Lipinski definition) is 3. The number of aliphatic hydroxyl groups is 1. The summed E-state index contributed by atoms with van der Waals surface area (Å²) in [6.45, 7) is 0.992. The van der Waals surface area contributed by atoms with Crippen LogP contribution < -0.4 is 0 Å². The first-order valence-electron chi connectivity index (χ1n) is 4.39. The van der Waals surface area contributed by atoms with Crippen LogP contribution in [0.5, 0.6) is 0 Å². The molecule has 1 unspecified atom stereocenters. The van der Waals surface area contributed by atoms with Gasteiger partial charge >= 0.3 is 11.9 Å². The second-order valence-electron chi connectivity index (χ2n) is 3.60. The van der Waals surface area contributed by atoms with E-state index >= 15 is 0 Å². The van der Waals surface area contributed by atoms with Crippen LogP contribution in [0.25, 0.3) is 0 Å². The average molecular weight is 212 g/mol. The Morgan fingerprint density at radius 3 is 2.47 bits per heavy atom. The van der Waals surface area contributed by atoms with Crippen molar-refractivity contribution in [2.24, 2.45) is 5.41 Å². The van der Waals surface area contributed by atoms with Crippen LogP contribution in [0.4, 0.5) is 0 Å². The fourth-order valence-corrected chi connectivity index (χ4v) is 1.47. The van der Waals surface area contributed by atoms with E-state index in [1.807, 2.05) is 0 Å². The third-order valence-electron chi connectivity index (χ3n) is 2.59. The molecule has 0 saturated heterocycles. The Hall–Kier alpha value is -1.62. The van der Waals surface area contributed by atoms with Crippen LogP contribution in [0.15, 0.2) is 23.3 Å². The summed E-state index contributed by atoms with van der Waals surface area (Å²) in [5.41, 5.74) is -0.936. The summed E-state index contributed by atoms with van der Waals surface area (Å²) in [6.07, 6.45) is 2.59. The summed E-state index contributed by atoms with van der Waals surface area (Å²) < 4.78 is 0. The molecule has 3 N–H and O–H groups in total. The van der Waals surface area contributed by atoms with Crippen molar-refractivity contribution in [3.8, 4) is 0 Å². The van der Waals surface area contributed by atoms with E-state index in [9.17, 15) is 9.59 Å². The molecule has 1 aliphatic rings. The van der Waals surface area contributed by atoms with E-state index in [0.29, 0.717) is 5.57 Å². The number of carboxylic acids is 2. The van der Waals surface area contributed by atoms with Crippen LogP contribution in [0.2, 0.25) is 0 Å². The van der Waals surface area contributed by atoms with E-state index in [4.69, 9.17) is 15.3 Å². The van der Waals surface area contributed by atoms with Gasteiger partial charge in [-0.1, -0.05) is 12.2 Å². The Balaban J connectivity index is 3.12. The van der Waals surface area contributed by atoms with Crippen molar-refractivity contribution in [2.45, 2.75) is 13.3 Å². The summed E-state index contributed by atoms with van der Waals surface area (Å²) in [5.74, 6) is -2.36. The minimum atomic E-state index is -1.49. The first-order valence-corrected chi connectivity index (χ1v) is 4.39. The molecule has 15 heavy (non-hydrogen) atoms. The molecule has 1 aliphatic carbocycles. The molecule has 0 spiro atoms. The number of rotatable bonds is 3. The lowest BCUT2D eigenvalue weighted by Gasteiger charge is -2.27. The lowest BCUT2D eigenvalue weighted by Crippen LogP contribution is -2.36. The van der Waals surface area contributed by atoms with Gasteiger partial charge in [0.1, 0.15) is 5.41 Å². The largest absolute Gasteiger partial charge is 0.481 e. The lowest BCUT2D eigenvalue weighted by atomic mass is 9.77. The molecule has 5 nitrogen and oxygen atoms in total. The molecule has 0 aromatic carbocycles. The maximum atomic E-state index is 11.0. The first-order chi connectivity index (χ1) is 6.93. The van der Waals surface area contributed by atoms with E-state index in [-0.39, 0.29) is 12.0 Å². The number of carboxylic acid groups (broad SMARTS) is 2. The van der Waals surface area contributed by atoms with Gasteiger partial charge in [-0.05, 0) is 12.5 Å². The van der Waals surface area contributed by atoms with Gasteiger partial charge in [0.25, 0.3) is 0 Å². The van der Waals surface area contributed by atoms with Crippen LogP contribution in [-0.4, -0.2) is 33.9 Å². The first kappa shape index (κ1) is 11.5. The van der Waals surface area contributed by atoms with Crippen molar-refractivity contribution >= 4 is 11.9 Å². The van der Waals surface area contributed by atoms with E-state index in [2.05, 4.69) is 0 Å². The second kappa shape index (κ2) is 3.86. The normalized spacial score (nSPS) is 25.5. The lowest BCUT2D eigenvalue weighted by molar-refractivity contribution is -0.148. The van der Waals surface area contributed by atoms with Gasteiger partial charge in [0.05, 0.1) is 6.61 Å². The van der Waals surface area contributed by atoms with Crippen molar-refractivity contribution in [1.82, 2.24) is 0 Å². The smallest absolute Gasteiger partial charge is 0.331 e. The maximum Gasteiger partial charge on any atom is 0.331 e. The fourth-order valence-electron chi connectivity index (χ4n) is 1.47. The molecule has 0 aromatic heterocycles. The number of hydrogen-bond donors (Lipinski definition) is 3. The summed E-state index contributed by atoms with van der Waals surface area (Å²) in [5, 5.41) is 26.8. The summed E-state index contributed by atoms with van der Waals surface area (Å²) >= 11 is 0. The van der Waals surface area contributed by atoms with Gasteiger partial charge in [-0.2, -0.15) is 0 Å². The monoisotopic (exact) mass is 212 g/mol. The number of allylic oxidation sites excluding steroid dienone is 2. The highest BCUT2D eigenvalue weighted by molar-refractivity contribution is 5.91. The predicted octanol–water partition coefficient (Wildman–Crippen LogP) is 0.411. The highest BCUT2D eigenvalue weighted by Crippen LogP contribution is 2.34. The minimum absolute atomic E-state index is 0.0361. The number of aliphatic hydroxyl groups excluding tert-OH is 1. The van der Waals surface area contributed by atoms with Gasteiger partial charge in [0.2, 0.25) is 0 Å². The Kier molecular flexibility index (Phi) is 2.95. The topological polar surface area (TPSA) is 94.8 Å². The Morgan fingerprint density at radius 2 is 2.07 bits per heavy atom. The summed E-state index contributed by atoms with van der Waals surface area (Å²) in [4.78, 5) is 21.8. The standard InChI is InChI=1S/C10H12O5/c1-6-2-3-10(5-11,9(14)15)4-7(6)8(12)13/h2-3,11H,4-5H2,1H3,(H,12,13)(H,14,15). The van der Waals surface area contributed by atoms with Gasteiger partial charge in [-0.15, -0.1) is 0 Å². The Labute approximate surface area is 86.3 Å². The van der Waals surface area contributed by atoms with Crippen molar-refractivity contribution in [2.75, 3.05) is 6.61 Å². The van der Waals surface area contributed by atoms with E-state index in [1.54, 1.807) is 6.92 Å². The zero-order valence-corrected chi connectivity index (χ0v) is 8.23.